The highest BCUT2D eigenvalue weighted by Crippen LogP contribution is 2.24. The fourth-order valence-corrected chi connectivity index (χ4v) is 2.98. The Morgan fingerprint density at radius 2 is 2.22 bits per heavy atom. The molecule has 2 unspecified atom stereocenters. The van der Waals surface area contributed by atoms with Gasteiger partial charge in [-0.05, 0) is 46.1 Å². The van der Waals surface area contributed by atoms with Crippen molar-refractivity contribution in [3.63, 3.8) is 0 Å². The molecule has 2 rings (SSSR count). The highest BCUT2D eigenvalue weighted by Gasteiger charge is 2.41. The van der Waals surface area contributed by atoms with Crippen LogP contribution in [-0.4, -0.2) is 53.6 Å². The quantitative estimate of drug-likeness (QED) is 0.819. The van der Waals surface area contributed by atoms with E-state index in [1.165, 1.54) is 13.0 Å². The number of carbonyl (C=O) groups is 1. The summed E-state index contributed by atoms with van der Waals surface area (Å²) in [5, 5.41) is 3.35. The summed E-state index contributed by atoms with van der Waals surface area (Å²) in [6, 6.07) is 0.628. The van der Waals surface area contributed by atoms with E-state index in [0.717, 1.165) is 26.2 Å². The summed E-state index contributed by atoms with van der Waals surface area (Å²) in [5.74, 6) is 0.936. The average molecular weight is 253 g/mol. The van der Waals surface area contributed by atoms with E-state index in [1.807, 2.05) is 11.8 Å². The van der Waals surface area contributed by atoms with Crippen LogP contribution in [0.15, 0.2) is 0 Å². The van der Waals surface area contributed by atoms with E-state index in [0.29, 0.717) is 12.0 Å². The van der Waals surface area contributed by atoms with E-state index in [9.17, 15) is 4.79 Å². The Labute approximate surface area is 111 Å². The number of amides is 1. The third-order valence-corrected chi connectivity index (χ3v) is 4.65. The van der Waals surface area contributed by atoms with Gasteiger partial charge in [0, 0.05) is 19.1 Å². The van der Waals surface area contributed by atoms with E-state index < -0.39 is 0 Å². The molecule has 0 aromatic carbocycles. The fraction of sp³-hybridized carbons (Fsp3) is 0.929. The molecule has 0 aliphatic carbocycles. The first-order chi connectivity index (χ1) is 8.46. The van der Waals surface area contributed by atoms with Crippen LogP contribution in [0.25, 0.3) is 0 Å². The lowest BCUT2D eigenvalue weighted by molar-refractivity contribution is -0.132. The fourth-order valence-electron chi connectivity index (χ4n) is 2.98. The lowest BCUT2D eigenvalue weighted by atomic mass is 9.99. The Kier molecular flexibility index (Phi) is 3.97. The number of carbonyl (C=O) groups excluding carboxylic acids is 1. The van der Waals surface area contributed by atoms with E-state index in [-0.39, 0.29) is 11.4 Å². The van der Waals surface area contributed by atoms with Crippen molar-refractivity contribution < 1.29 is 4.79 Å². The largest absolute Gasteiger partial charge is 0.328 e. The molecular weight excluding hydrogens is 226 g/mol. The van der Waals surface area contributed by atoms with Crippen LogP contribution in [-0.2, 0) is 4.79 Å². The third-order valence-electron chi connectivity index (χ3n) is 4.65. The highest BCUT2D eigenvalue weighted by molar-refractivity contribution is 5.87. The average Bonchev–Trinajstić information content (AvgIpc) is 2.91. The van der Waals surface area contributed by atoms with Gasteiger partial charge in [0.1, 0.15) is 0 Å². The Morgan fingerprint density at radius 1 is 1.50 bits per heavy atom. The van der Waals surface area contributed by atoms with Crippen LogP contribution in [0, 0.1) is 5.92 Å². The Bertz CT molecular complexity index is 318. The van der Waals surface area contributed by atoms with Crippen molar-refractivity contribution in [1.29, 1.82) is 0 Å². The monoisotopic (exact) mass is 253 g/mol. The van der Waals surface area contributed by atoms with E-state index in [2.05, 4.69) is 31.0 Å². The molecule has 0 radical (unpaired) electrons. The molecule has 2 heterocycles. The van der Waals surface area contributed by atoms with Gasteiger partial charge in [-0.15, -0.1) is 0 Å². The van der Waals surface area contributed by atoms with Crippen LogP contribution in [0.5, 0.6) is 0 Å². The van der Waals surface area contributed by atoms with Gasteiger partial charge < -0.3 is 9.80 Å². The van der Waals surface area contributed by atoms with Gasteiger partial charge in [0.25, 0.3) is 0 Å². The molecule has 2 aliphatic heterocycles. The molecule has 0 aromatic rings. The third kappa shape index (κ3) is 2.54. The van der Waals surface area contributed by atoms with Gasteiger partial charge in [0.15, 0.2) is 0 Å². The summed E-state index contributed by atoms with van der Waals surface area (Å²) in [6.07, 6.45) is 2.09. The van der Waals surface area contributed by atoms with Crippen LogP contribution in [0.2, 0.25) is 0 Å². The molecule has 4 nitrogen and oxygen atoms in total. The second kappa shape index (κ2) is 5.17. The maximum absolute atomic E-state index is 12.3. The molecule has 18 heavy (non-hydrogen) atoms. The van der Waals surface area contributed by atoms with Crippen LogP contribution >= 0.6 is 0 Å². The maximum Gasteiger partial charge on any atom is 0.243 e. The van der Waals surface area contributed by atoms with Gasteiger partial charge in [0.05, 0.1) is 12.2 Å². The first kappa shape index (κ1) is 13.8. The van der Waals surface area contributed by atoms with E-state index in [4.69, 9.17) is 0 Å². The van der Waals surface area contributed by atoms with Crippen molar-refractivity contribution in [1.82, 2.24) is 15.1 Å². The van der Waals surface area contributed by atoms with Crippen molar-refractivity contribution in [2.75, 3.05) is 26.3 Å². The number of nitrogens with one attached hydrogen (secondary N) is 1. The molecule has 2 aliphatic rings. The lowest BCUT2D eigenvalue weighted by Gasteiger charge is -2.24. The lowest BCUT2D eigenvalue weighted by Crippen LogP contribution is -2.43. The first-order valence-corrected chi connectivity index (χ1v) is 7.24. The number of nitrogens with zero attached hydrogens (tertiary/aromatic N) is 2. The highest BCUT2D eigenvalue weighted by atomic mass is 16.2. The minimum Gasteiger partial charge on any atom is -0.328 e. The molecule has 0 spiro atoms. The van der Waals surface area contributed by atoms with Crippen molar-refractivity contribution in [3.05, 3.63) is 0 Å². The maximum atomic E-state index is 12.3. The summed E-state index contributed by atoms with van der Waals surface area (Å²) in [7, 11) is 0. The Balaban J connectivity index is 1.87. The summed E-state index contributed by atoms with van der Waals surface area (Å²) in [4.78, 5) is 16.8. The molecule has 4 heteroatoms. The van der Waals surface area contributed by atoms with Gasteiger partial charge >= 0.3 is 0 Å². The molecule has 2 atom stereocenters. The van der Waals surface area contributed by atoms with Gasteiger partial charge in [-0.3, -0.25) is 10.1 Å². The number of hydrogen-bond donors (Lipinski definition) is 1. The van der Waals surface area contributed by atoms with Gasteiger partial charge in [0.2, 0.25) is 5.91 Å². The molecule has 2 fully saturated rings. The molecule has 0 aromatic heterocycles. The molecular formula is C14H27N3O. The predicted octanol–water partition coefficient (Wildman–Crippen LogP) is 1.27. The molecule has 104 valence electrons. The molecule has 0 saturated carbocycles. The zero-order valence-corrected chi connectivity index (χ0v) is 12.2. The Hall–Kier alpha value is -0.610. The molecule has 1 N–H and O–H groups in total. The van der Waals surface area contributed by atoms with Crippen molar-refractivity contribution in [2.45, 2.75) is 52.1 Å². The van der Waals surface area contributed by atoms with Gasteiger partial charge in [-0.2, -0.15) is 0 Å². The first-order valence-electron chi connectivity index (χ1n) is 7.24. The van der Waals surface area contributed by atoms with Crippen LogP contribution in [0.3, 0.4) is 0 Å². The normalized spacial score (nSPS) is 33.9. The summed E-state index contributed by atoms with van der Waals surface area (Å²) in [6.45, 7) is 12.6. The zero-order chi connectivity index (χ0) is 13.3. The van der Waals surface area contributed by atoms with Crippen LogP contribution in [0.1, 0.15) is 40.5 Å². The van der Waals surface area contributed by atoms with Crippen molar-refractivity contribution in [2.24, 2.45) is 5.92 Å². The smallest absolute Gasteiger partial charge is 0.243 e. The van der Waals surface area contributed by atoms with Crippen LogP contribution < -0.4 is 5.32 Å². The number of rotatable bonds is 4. The molecule has 1 amide bonds. The second-order valence-electron chi connectivity index (χ2n) is 6.29. The van der Waals surface area contributed by atoms with Crippen molar-refractivity contribution >= 4 is 5.91 Å². The minimum atomic E-state index is -0.323. The summed E-state index contributed by atoms with van der Waals surface area (Å²) >= 11 is 0. The van der Waals surface area contributed by atoms with E-state index >= 15 is 0 Å². The molecule has 0 bridgehead atoms. The second-order valence-corrected chi connectivity index (χ2v) is 6.29. The van der Waals surface area contributed by atoms with Gasteiger partial charge in [-0.25, -0.2) is 0 Å². The Morgan fingerprint density at radius 3 is 2.72 bits per heavy atom. The number of hydrogen-bond acceptors (Lipinski definition) is 3. The standard InChI is InChI=1S/C14H27N3O/c1-5-14(4)13(18)17(10-15-14)9-12-6-7-16(8-12)11(2)3/h11-12,15H,5-10H2,1-4H3. The topological polar surface area (TPSA) is 35.6 Å². The van der Waals surface area contributed by atoms with E-state index in [1.54, 1.807) is 0 Å². The SMILES string of the molecule is CCC1(C)NCN(CC2CCN(C(C)C)C2)C1=O. The van der Waals surface area contributed by atoms with Crippen LogP contribution in [0.4, 0.5) is 0 Å². The summed E-state index contributed by atoms with van der Waals surface area (Å²) in [5.41, 5.74) is -0.323. The van der Waals surface area contributed by atoms with Crippen molar-refractivity contribution in [3.8, 4) is 0 Å². The minimum absolute atomic E-state index is 0.285. The number of likely N-dealkylation sites (tertiary alicyclic amines) is 1. The predicted molar refractivity (Wildman–Crippen MR) is 73.2 cm³/mol. The van der Waals surface area contributed by atoms with Gasteiger partial charge in [-0.1, -0.05) is 6.92 Å². The summed E-state index contributed by atoms with van der Waals surface area (Å²) < 4.78 is 0. The molecule has 2 saturated heterocycles. The zero-order valence-electron chi connectivity index (χ0n) is 12.2.